The molecule has 1 fully saturated rings. The first-order chi connectivity index (χ1) is 18.4. The number of hydrogen-bond donors (Lipinski definition) is 0. The lowest BCUT2D eigenvalue weighted by atomic mass is 9.69. The van der Waals surface area contributed by atoms with Gasteiger partial charge < -0.3 is 14.2 Å². The van der Waals surface area contributed by atoms with Crippen molar-refractivity contribution < 1.29 is 31.8 Å². The van der Waals surface area contributed by atoms with E-state index in [9.17, 15) is 17.6 Å². The number of aromatic nitrogens is 2. The van der Waals surface area contributed by atoms with Gasteiger partial charge >= 0.3 is 5.97 Å². The fourth-order valence-corrected chi connectivity index (χ4v) is 4.10. The molecule has 9 nitrogen and oxygen atoms in total. The van der Waals surface area contributed by atoms with Crippen molar-refractivity contribution in [3.8, 4) is 11.3 Å². The Bertz CT molecular complexity index is 1350. The Morgan fingerprint density at radius 2 is 1.75 bits per heavy atom. The van der Waals surface area contributed by atoms with E-state index in [1.54, 1.807) is 12.1 Å². The summed E-state index contributed by atoms with van der Waals surface area (Å²) in [5, 5.41) is 0. The molecule has 1 aliphatic rings. The van der Waals surface area contributed by atoms with Gasteiger partial charge in [-0.25, -0.2) is 27.1 Å². The number of sulfonamides is 1. The Morgan fingerprint density at radius 1 is 1.12 bits per heavy atom. The van der Waals surface area contributed by atoms with E-state index in [1.165, 1.54) is 19.2 Å². The summed E-state index contributed by atoms with van der Waals surface area (Å²) >= 11 is 0. The predicted molar refractivity (Wildman–Crippen MR) is 152 cm³/mol. The van der Waals surface area contributed by atoms with Gasteiger partial charge in [0.2, 0.25) is 22.3 Å². The van der Waals surface area contributed by atoms with Crippen LogP contribution in [0.3, 0.4) is 0 Å². The maximum atomic E-state index is 13.7. The van der Waals surface area contributed by atoms with Gasteiger partial charge in [-0.3, -0.25) is 4.79 Å². The number of benzene rings is 1. The van der Waals surface area contributed by atoms with Crippen LogP contribution in [0, 0.1) is 16.6 Å². The molecule has 2 aromatic rings. The zero-order valence-electron chi connectivity index (χ0n) is 24.7. The number of esters is 1. The van der Waals surface area contributed by atoms with E-state index < -0.39 is 33.6 Å². The predicted octanol–water partition coefficient (Wildman–Crippen LogP) is 5.52. The van der Waals surface area contributed by atoms with E-state index in [1.807, 2.05) is 60.6 Å². The van der Waals surface area contributed by atoms with Crippen LogP contribution in [-0.2, 0) is 29.0 Å². The van der Waals surface area contributed by atoms with Crippen molar-refractivity contribution in [2.24, 2.45) is 10.8 Å². The van der Waals surface area contributed by atoms with E-state index >= 15 is 0 Å². The summed E-state index contributed by atoms with van der Waals surface area (Å²) < 4.78 is 56.3. The normalized spacial score (nSPS) is 18.8. The molecule has 2 atom stereocenters. The van der Waals surface area contributed by atoms with Crippen molar-refractivity contribution in [2.45, 2.75) is 73.2 Å². The van der Waals surface area contributed by atoms with Crippen LogP contribution < -0.4 is 4.31 Å². The first-order valence-corrected chi connectivity index (χ1v) is 15.0. The van der Waals surface area contributed by atoms with Gasteiger partial charge in [-0.2, -0.15) is 0 Å². The Balaban J connectivity index is 1.98. The van der Waals surface area contributed by atoms with Crippen molar-refractivity contribution in [3.05, 3.63) is 47.4 Å². The Labute approximate surface area is 236 Å². The fraction of sp³-hybridized carbons (Fsp3) is 0.552. The lowest BCUT2D eigenvalue weighted by Gasteiger charge is -2.38. The third kappa shape index (κ3) is 7.24. The number of anilines is 1. The Morgan fingerprint density at radius 3 is 2.30 bits per heavy atom. The number of nitrogens with zero attached hydrogens (tertiary/aromatic N) is 3. The highest BCUT2D eigenvalue weighted by molar-refractivity contribution is 7.92. The lowest BCUT2D eigenvalue weighted by Crippen LogP contribution is -2.43. The second kappa shape index (κ2) is 11.9. The second-order valence-electron chi connectivity index (χ2n) is 11.9. The number of carbonyl (C=O) groups excluding carboxylic acids is 1. The number of rotatable bonds is 8. The van der Waals surface area contributed by atoms with Gasteiger partial charge in [0.05, 0.1) is 29.2 Å². The van der Waals surface area contributed by atoms with E-state index in [4.69, 9.17) is 14.2 Å². The topological polar surface area (TPSA) is 108 Å². The highest BCUT2D eigenvalue weighted by atomic mass is 32.2. The van der Waals surface area contributed by atoms with Crippen LogP contribution in [0.5, 0.6) is 0 Å². The molecule has 11 heteroatoms. The molecule has 3 rings (SSSR count). The minimum absolute atomic E-state index is 0.0124. The molecule has 40 heavy (non-hydrogen) atoms. The minimum Gasteiger partial charge on any atom is -0.435 e. The Hall–Kier alpha value is -2.89. The van der Waals surface area contributed by atoms with Crippen LogP contribution in [0.2, 0.25) is 0 Å². The second-order valence-corrected chi connectivity index (χ2v) is 13.9. The third-order valence-corrected chi connectivity index (χ3v) is 8.63. The molecule has 2 heterocycles. The van der Waals surface area contributed by atoms with Crippen LogP contribution in [-0.4, -0.2) is 56.8 Å². The van der Waals surface area contributed by atoms with Gasteiger partial charge in [-0.15, -0.1) is 0 Å². The van der Waals surface area contributed by atoms with Crippen molar-refractivity contribution in [3.63, 3.8) is 0 Å². The molecule has 1 aromatic carbocycles. The first-order valence-electron chi connectivity index (χ1n) is 13.2. The fourth-order valence-electron chi connectivity index (χ4n) is 3.72. The highest BCUT2D eigenvalue weighted by Crippen LogP contribution is 2.39. The molecule has 1 aliphatic heterocycles. The molecule has 0 saturated carbocycles. The summed E-state index contributed by atoms with van der Waals surface area (Å²) in [6.45, 7) is 13.5. The average molecular weight is 578 g/mol. The molecule has 1 aromatic heterocycles. The molecule has 1 saturated heterocycles. The molecule has 0 unspecified atom stereocenters. The van der Waals surface area contributed by atoms with Crippen LogP contribution in [0.4, 0.5) is 10.3 Å². The number of ether oxygens (including phenoxy) is 3. The van der Waals surface area contributed by atoms with E-state index in [-0.39, 0.29) is 36.5 Å². The maximum absolute atomic E-state index is 13.7. The van der Waals surface area contributed by atoms with Gasteiger partial charge in [0.1, 0.15) is 5.82 Å². The molecule has 0 radical (unpaired) electrons. The van der Waals surface area contributed by atoms with Crippen molar-refractivity contribution >= 4 is 28.0 Å². The first kappa shape index (κ1) is 31.6. The standard InChI is InChI=1S/C29H40FN3O6S/c1-18(2)24-22(15-14-21-16-23(38-17-37-21)39-26(34)29(6,7)28(3,4)5)25(19-10-12-20(30)13-11-19)32-27(31-24)33(8)40(9,35)36/h10-15,18,21,23H,16-17H2,1-9H3/t21-,23-/m1/s1. The van der Waals surface area contributed by atoms with Crippen LogP contribution >= 0.6 is 0 Å². The zero-order valence-corrected chi connectivity index (χ0v) is 25.5. The summed E-state index contributed by atoms with van der Waals surface area (Å²) in [7, 11) is -2.24. The number of halogens is 1. The summed E-state index contributed by atoms with van der Waals surface area (Å²) in [6, 6.07) is 5.81. The smallest absolute Gasteiger partial charge is 0.314 e. The molecular weight excluding hydrogens is 537 g/mol. The lowest BCUT2D eigenvalue weighted by molar-refractivity contribution is -0.250. The minimum atomic E-state index is -3.63. The van der Waals surface area contributed by atoms with Gasteiger partial charge in [-0.05, 0) is 49.4 Å². The van der Waals surface area contributed by atoms with E-state index in [0.717, 1.165) is 10.6 Å². The summed E-state index contributed by atoms with van der Waals surface area (Å²) in [6.07, 6.45) is 3.76. The monoisotopic (exact) mass is 577 g/mol. The van der Waals surface area contributed by atoms with Gasteiger partial charge in [-0.1, -0.05) is 46.8 Å². The number of carbonyl (C=O) groups is 1. The summed E-state index contributed by atoms with van der Waals surface area (Å²) in [5.41, 5.74) is 1.26. The van der Waals surface area contributed by atoms with Crippen molar-refractivity contribution in [1.29, 1.82) is 0 Å². The van der Waals surface area contributed by atoms with Gasteiger partial charge in [0.15, 0.2) is 6.79 Å². The zero-order chi connectivity index (χ0) is 30.0. The molecule has 0 bridgehead atoms. The molecule has 0 aliphatic carbocycles. The van der Waals surface area contributed by atoms with Crippen molar-refractivity contribution in [2.75, 3.05) is 24.4 Å². The summed E-state index contributed by atoms with van der Waals surface area (Å²) in [4.78, 5) is 22.1. The van der Waals surface area contributed by atoms with Crippen molar-refractivity contribution in [1.82, 2.24) is 9.97 Å². The van der Waals surface area contributed by atoms with E-state index in [0.29, 0.717) is 22.5 Å². The van der Waals surface area contributed by atoms with E-state index in [2.05, 4.69) is 9.97 Å². The SMILES string of the molecule is CC(C)c1nc(N(C)S(C)(=O)=O)nc(-c2ccc(F)cc2)c1C=C[C@@H]1C[C@@H](OC(=O)C(C)(C)C(C)(C)C)OCO1. The summed E-state index contributed by atoms with van der Waals surface area (Å²) in [5.74, 6) is -0.844. The average Bonchev–Trinajstić information content (AvgIpc) is 2.86. The Kier molecular flexibility index (Phi) is 9.43. The molecule has 0 amide bonds. The van der Waals surface area contributed by atoms with Gasteiger partial charge in [0, 0.05) is 24.6 Å². The van der Waals surface area contributed by atoms with Gasteiger partial charge in [0.25, 0.3) is 0 Å². The largest absolute Gasteiger partial charge is 0.435 e. The highest BCUT2D eigenvalue weighted by Gasteiger charge is 2.42. The molecular formula is C29H40FN3O6S. The molecule has 220 valence electrons. The quantitative estimate of drug-likeness (QED) is 0.378. The maximum Gasteiger partial charge on any atom is 0.314 e. The number of hydrogen-bond acceptors (Lipinski definition) is 8. The van der Waals surface area contributed by atoms with Crippen LogP contribution in [0.25, 0.3) is 17.3 Å². The van der Waals surface area contributed by atoms with Crippen LogP contribution in [0.15, 0.2) is 30.3 Å². The third-order valence-electron chi connectivity index (χ3n) is 7.47. The molecule has 0 N–H and O–H groups in total. The molecule has 0 spiro atoms. The van der Waals surface area contributed by atoms with Crippen LogP contribution in [0.1, 0.15) is 72.1 Å².